The average molecular weight is 314 g/mol. The molecule has 0 aliphatic carbocycles. The van der Waals surface area contributed by atoms with Crippen molar-refractivity contribution in [2.75, 3.05) is 19.6 Å². The average Bonchev–Trinajstić information content (AvgIpc) is 2.90. The molecule has 0 radical (unpaired) electrons. The molecular formula is C17H22N4O2. The van der Waals surface area contributed by atoms with Gasteiger partial charge in [0.2, 0.25) is 0 Å². The molecule has 6 heteroatoms. The Balaban J connectivity index is 1.60. The molecule has 0 amide bonds. The number of fused-ring (bicyclic) bond motifs is 4. The van der Waals surface area contributed by atoms with E-state index in [0.29, 0.717) is 18.2 Å². The molecule has 23 heavy (non-hydrogen) atoms. The number of carboxylic acids is 1. The van der Waals surface area contributed by atoms with Gasteiger partial charge in [0.15, 0.2) is 0 Å². The monoisotopic (exact) mass is 314 g/mol. The first-order valence-electron chi connectivity index (χ1n) is 8.27. The van der Waals surface area contributed by atoms with Crippen molar-refractivity contribution in [2.45, 2.75) is 25.4 Å². The predicted octanol–water partition coefficient (Wildman–Crippen LogP) is 1.46. The van der Waals surface area contributed by atoms with E-state index in [-0.39, 0.29) is 0 Å². The molecule has 6 nitrogen and oxygen atoms in total. The first-order chi connectivity index (χ1) is 11.1. The third-order valence-corrected chi connectivity index (χ3v) is 5.37. The summed E-state index contributed by atoms with van der Waals surface area (Å²) in [5.74, 6) is -0.151. The van der Waals surface area contributed by atoms with Crippen LogP contribution in [0.2, 0.25) is 0 Å². The van der Waals surface area contributed by atoms with Gasteiger partial charge < -0.3 is 15.3 Å². The van der Waals surface area contributed by atoms with Crippen LogP contribution in [0.1, 0.15) is 28.9 Å². The standard InChI is InChI=1S/C17H22N4O2/c1-20-15-4-2-3-12(17(22)23)16(15)13(19-20)9-18-14-10-21-7-5-11(14)6-8-21/h2-4,11,14,18H,5-10H2,1H3,(H,22,23)/t14-/m1/s1. The zero-order valence-electron chi connectivity index (χ0n) is 13.3. The van der Waals surface area contributed by atoms with Gasteiger partial charge in [-0.2, -0.15) is 5.10 Å². The van der Waals surface area contributed by atoms with E-state index in [1.165, 1.54) is 25.9 Å². The molecule has 1 atom stereocenters. The quantitative estimate of drug-likeness (QED) is 0.894. The minimum Gasteiger partial charge on any atom is -0.478 e. The smallest absolute Gasteiger partial charge is 0.336 e. The maximum Gasteiger partial charge on any atom is 0.336 e. The molecule has 0 unspecified atom stereocenters. The molecular weight excluding hydrogens is 292 g/mol. The highest BCUT2D eigenvalue weighted by Crippen LogP contribution is 2.28. The number of rotatable bonds is 4. The summed E-state index contributed by atoms with van der Waals surface area (Å²) in [6.07, 6.45) is 2.53. The number of nitrogens with zero attached hydrogens (tertiary/aromatic N) is 3. The van der Waals surface area contributed by atoms with Gasteiger partial charge in [-0.05, 0) is 44.0 Å². The molecule has 2 aromatic rings. The van der Waals surface area contributed by atoms with Crippen LogP contribution in [-0.4, -0.2) is 51.4 Å². The SMILES string of the molecule is Cn1nc(CN[C@@H]2CN3CCC2CC3)c2c(C(=O)O)cccc21. The zero-order chi connectivity index (χ0) is 16.0. The number of carboxylic acid groups (broad SMARTS) is 1. The molecule has 1 aromatic heterocycles. The molecule has 4 heterocycles. The van der Waals surface area contributed by atoms with Gasteiger partial charge in [0.05, 0.1) is 16.8 Å². The Hall–Kier alpha value is -1.92. The molecule has 0 saturated carbocycles. The Bertz CT molecular complexity index is 746. The summed E-state index contributed by atoms with van der Waals surface area (Å²) in [7, 11) is 1.87. The summed E-state index contributed by atoms with van der Waals surface area (Å²) in [5.41, 5.74) is 2.04. The van der Waals surface area contributed by atoms with Gasteiger partial charge >= 0.3 is 5.97 Å². The summed E-state index contributed by atoms with van der Waals surface area (Å²) in [6.45, 7) is 4.16. The van der Waals surface area contributed by atoms with Crippen LogP contribution >= 0.6 is 0 Å². The third-order valence-electron chi connectivity index (χ3n) is 5.37. The van der Waals surface area contributed by atoms with Crippen LogP contribution in [-0.2, 0) is 13.6 Å². The summed E-state index contributed by atoms with van der Waals surface area (Å²) >= 11 is 0. The van der Waals surface area contributed by atoms with Crippen LogP contribution in [0.4, 0.5) is 0 Å². The summed E-state index contributed by atoms with van der Waals surface area (Å²) in [4.78, 5) is 14.0. The Labute approximate surface area is 135 Å². The molecule has 0 spiro atoms. The van der Waals surface area contributed by atoms with Crippen molar-refractivity contribution in [1.29, 1.82) is 0 Å². The number of nitrogens with one attached hydrogen (secondary N) is 1. The van der Waals surface area contributed by atoms with E-state index in [1.807, 2.05) is 13.1 Å². The second-order valence-corrected chi connectivity index (χ2v) is 6.70. The molecule has 2 bridgehead atoms. The topological polar surface area (TPSA) is 70.4 Å². The van der Waals surface area contributed by atoms with Crippen LogP contribution in [0.15, 0.2) is 18.2 Å². The third kappa shape index (κ3) is 2.52. The van der Waals surface area contributed by atoms with Gasteiger partial charge in [-0.25, -0.2) is 4.79 Å². The van der Waals surface area contributed by atoms with Crippen molar-refractivity contribution in [2.24, 2.45) is 13.0 Å². The van der Waals surface area contributed by atoms with Crippen molar-refractivity contribution in [3.63, 3.8) is 0 Å². The summed E-state index contributed by atoms with van der Waals surface area (Å²) in [6, 6.07) is 5.85. The van der Waals surface area contributed by atoms with Crippen molar-refractivity contribution in [3.8, 4) is 0 Å². The van der Waals surface area contributed by atoms with Crippen molar-refractivity contribution >= 4 is 16.9 Å². The lowest BCUT2D eigenvalue weighted by Gasteiger charge is -2.45. The predicted molar refractivity (Wildman–Crippen MR) is 87.5 cm³/mol. The fourth-order valence-corrected chi connectivity index (χ4v) is 4.12. The van der Waals surface area contributed by atoms with Gasteiger partial charge in [0.1, 0.15) is 0 Å². The summed E-state index contributed by atoms with van der Waals surface area (Å²) in [5, 5.41) is 18.4. The molecule has 122 valence electrons. The van der Waals surface area contributed by atoms with E-state index in [0.717, 1.165) is 29.1 Å². The largest absolute Gasteiger partial charge is 0.478 e. The number of aryl methyl sites for hydroxylation is 1. The maximum absolute atomic E-state index is 11.5. The van der Waals surface area contributed by atoms with Crippen LogP contribution in [0.5, 0.6) is 0 Å². The fourth-order valence-electron chi connectivity index (χ4n) is 4.12. The van der Waals surface area contributed by atoms with Crippen molar-refractivity contribution < 1.29 is 9.90 Å². The molecule has 2 N–H and O–H groups in total. The Kier molecular flexibility index (Phi) is 3.58. The Morgan fingerprint density at radius 1 is 1.39 bits per heavy atom. The Morgan fingerprint density at radius 2 is 2.17 bits per heavy atom. The molecule has 3 saturated heterocycles. The number of aromatic nitrogens is 2. The van der Waals surface area contributed by atoms with Crippen LogP contribution < -0.4 is 5.32 Å². The van der Waals surface area contributed by atoms with Gasteiger partial charge in [-0.1, -0.05) is 6.07 Å². The van der Waals surface area contributed by atoms with E-state index in [9.17, 15) is 9.90 Å². The van der Waals surface area contributed by atoms with Crippen molar-refractivity contribution in [1.82, 2.24) is 20.0 Å². The number of benzene rings is 1. The van der Waals surface area contributed by atoms with E-state index >= 15 is 0 Å². The maximum atomic E-state index is 11.5. The lowest BCUT2D eigenvalue weighted by molar-refractivity contribution is 0.0698. The first-order valence-corrected chi connectivity index (χ1v) is 8.27. The lowest BCUT2D eigenvalue weighted by Crippen LogP contribution is -2.55. The van der Waals surface area contributed by atoms with E-state index < -0.39 is 5.97 Å². The number of aromatic carboxylic acids is 1. The highest BCUT2D eigenvalue weighted by molar-refractivity contribution is 6.03. The second kappa shape index (κ2) is 5.62. The highest BCUT2D eigenvalue weighted by atomic mass is 16.4. The highest BCUT2D eigenvalue weighted by Gasteiger charge is 2.33. The van der Waals surface area contributed by atoms with Crippen molar-refractivity contribution in [3.05, 3.63) is 29.5 Å². The number of hydrogen-bond donors (Lipinski definition) is 2. The Morgan fingerprint density at radius 3 is 2.83 bits per heavy atom. The fraction of sp³-hybridized carbons (Fsp3) is 0.529. The normalized spacial score (nSPS) is 26.7. The molecule has 3 aliphatic rings. The van der Waals surface area contributed by atoms with E-state index in [4.69, 9.17) is 0 Å². The molecule has 3 aliphatic heterocycles. The van der Waals surface area contributed by atoms with Gasteiger partial charge in [-0.3, -0.25) is 4.68 Å². The van der Waals surface area contributed by atoms with Gasteiger partial charge in [0.25, 0.3) is 0 Å². The van der Waals surface area contributed by atoms with Gasteiger partial charge in [0, 0.05) is 31.6 Å². The minimum atomic E-state index is -0.896. The number of piperidine rings is 3. The zero-order valence-corrected chi connectivity index (χ0v) is 13.3. The van der Waals surface area contributed by atoms with Gasteiger partial charge in [-0.15, -0.1) is 0 Å². The second-order valence-electron chi connectivity index (χ2n) is 6.70. The molecule has 1 aromatic carbocycles. The summed E-state index contributed by atoms with van der Waals surface area (Å²) < 4.78 is 1.77. The minimum absolute atomic E-state index is 0.335. The van der Waals surface area contributed by atoms with Crippen LogP contribution in [0, 0.1) is 5.92 Å². The van der Waals surface area contributed by atoms with Crippen LogP contribution in [0.3, 0.4) is 0 Å². The lowest BCUT2D eigenvalue weighted by atomic mass is 9.84. The van der Waals surface area contributed by atoms with E-state index in [2.05, 4.69) is 15.3 Å². The first kappa shape index (κ1) is 14.7. The number of hydrogen-bond acceptors (Lipinski definition) is 4. The van der Waals surface area contributed by atoms with E-state index in [1.54, 1.807) is 16.8 Å². The number of carbonyl (C=O) groups is 1. The molecule has 5 rings (SSSR count). The van der Waals surface area contributed by atoms with Crippen LogP contribution in [0.25, 0.3) is 10.9 Å². The molecule has 3 fully saturated rings.